The average Bonchev–Trinajstić information content (AvgIpc) is 2.76. The standard InChI is InChI=1S/C20H18O10/c1-29-13-7-3-11(4-8-13)15(21)19(27,17(23)24)20(28,18(25)26)16(22)12-5-9-14(30-2)10-6-12/h3-10,27-28H,1-2H3,(H,23,24)(H,25,26)/t19-,20?/m1/s1. The fourth-order valence-corrected chi connectivity index (χ4v) is 2.73. The van der Waals surface area contributed by atoms with E-state index in [1.165, 1.54) is 38.5 Å². The molecule has 0 aromatic heterocycles. The minimum Gasteiger partial charge on any atom is -0.497 e. The van der Waals surface area contributed by atoms with Gasteiger partial charge < -0.3 is 29.9 Å². The van der Waals surface area contributed by atoms with Gasteiger partial charge in [0.25, 0.3) is 11.2 Å². The molecule has 0 saturated heterocycles. The van der Waals surface area contributed by atoms with Crippen molar-refractivity contribution in [3.05, 3.63) is 59.7 Å². The van der Waals surface area contributed by atoms with Crippen LogP contribution in [-0.4, -0.2) is 69.4 Å². The zero-order valence-corrected chi connectivity index (χ0v) is 15.9. The Morgan fingerprint density at radius 2 is 0.900 bits per heavy atom. The topological polar surface area (TPSA) is 168 Å². The summed E-state index contributed by atoms with van der Waals surface area (Å²) in [6.45, 7) is 0. The van der Waals surface area contributed by atoms with Gasteiger partial charge in [-0.1, -0.05) is 0 Å². The van der Waals surface area contributed by atoms with Crippen molar-refractivity contribution in [3.63, 3.8) is 0 Å². The summed E-state index contributed by atoms with van der Waals surface area (Å²) in [7, 11) is 2.67. The summed E-state index contributed by atoms with van der Waals surface area (Å²) in [6, 6.07) is 9.21. The summed E-state index contributed by atoms with van der Waals surface area (Å²) in [5.74, 6) is -7.68. The minimum atomic E-state index is -4.04. The SMILES string of the molecule is COc1ccc(C(=O)C(O)(C(=O)O)[C@](O)(C(=O)O)C(=O)c2ccc(OC)cc2)cc1. The molecule has 0 fully saturated rings. The smallest absolute Gasteiger partial charge is 0.348 e. The van der Waals surface area contributed by atoms with Gasteiger partial charge in [-0.25, -0.2) is 9.59 Å². The lowest BCUT2D eigenvalue weighted by atomic mass is 9.73. The highest BCUT2D eigenvalue weighted by molar-refractivity contribution is 6.28. The van der Waals surface area contributed by atoms with Crippen LogP contribution in [0.4, 0.5) is 0 Å². The van der Waals surface area contributed by atoms with E-state index in [4.69, 9.17) is 9.47 Å². The number of carbonyl (C=O) groups excluding carboxylic acids is 2. The van der Waals surface area contributed by atoms with Crippen LogP contribution in [0.2, 0.25) is 0 Å². The summed E-state index contributed by atoms with van der Waals surface area (Å²) >= 11 is 0. The van der Waals surface area contributed by atoms with E-state index in [0.717, 1.165) is 24.3 Å². The van der Waals surface area contributed by atoms with Crippen molar-refractivity contribution in [2.24, 2.45) is 0 Å². The Hall–Kier alpha value is -3.76. The number of carbonyl (C=O) groups is 4. The molecule has 30 heavy (non-hydrogen) atoms. The number of hydrogen-bond acceptors (Lipinski definition) is 8. The molecule has 0 saturated carbocycles. The molecule has 0 spiro atoms. The number of rotatable bonds is 9. The van der Waals surface area contributed by atoms with E-state index in [9.17, 15) is 39.6 Å². The van der Waals surface area contributed by atoms with Crippen molar-refractivity contribution >= 4 is 23.5 Å². The summed E-state index contributed by atoms with van der Waals surface area (Å²) in [4.78, 5) is 49.4. The quantitative estimate of drug-likeness (QED) is 0.330. The monoisotopic (exact) mass is 418 g/mol. The first-order valence-electron chi connectivity index (χ1n) is 8.33. The summed E-state index contributed by atoms with van der Waals surface area (Å²) in [6.07, 6.45) is 0. The number of ketones is 2. The van der Waals surface area contributed by atoms with E-state index in [1.54, 1.807) is 0 Å². The molecule has 0 radical (unpaired) electrons. The number of aliphatic carboxylic acids is 2. The van der Waals surface area contributed by atoms with Gasteiger partial charge in [0.2, 0.25) is 11.6 Å². The van der Waals surface area contributed by atoms with Gasteiger partial charge in [0, 0.05) is 11.1 Å². The molecule has 0 aliphatic heterocycles. The Labute approximate surface area is 169 Å². The molecule has 0 aliphatic carbocycles. The fraction of sp³-hybridized carbons (Fsp3) is 0.200. The Bertz CT molecular complexity index is 898. The highest BCUT2D eigenvalue weighted by Gasteiger charge is 2.69. The maximum atomic E-state index is 12.8. The van der Waals surface area contributed by atoms with E-state index in [2.05, 4.69) is 0 Å². The van der Waals surface area contributed by atoms with Gasteiger partial charge in [0.05, 0.1) is 14.2 Å². The molecule has 1 unspecified atom stereocenters. The van der Waals surface area contributed by atoms with Gasteiger partial charge in [0.1, 0.15) is 11.5 Å². The maximum absolute atomic E-state index is 12.8. The lowest BCUT2D eigenvalue weighted by Gasteiger charge is -2.34. The maximum Gasteiger partial charge on any atom is 0.348 e. The third-order valence-electron chi connectivity index (χ3n) is 4.50. The van der Waals surface area contributed by atoms with Crippen LogP contribution in [0.25, 0.3) is 0 Å². The van der Waals surface area contributed by atoms with E-state index in [0.29, 0.717) is 0 Å². The van der Waals surface area contributed by atoms with Crippen LogP contribution < -0.4 is 9.47 Å². The number of carboxylic acids is 2. The number of benzene rings is 2. The molecule has 0 bridgehead atoms. The van der Waals surface area contributed by atoms with Crippen molar-refractivity contribution in [2.75, 3.05) is 14.2 Å². The molecule has 2 aromatic rings. The van der Waals surface area contributed by atoms with Crippen LogP contribution in [0.5, 0.6) is 11.5 Å². The molecule has 2 aromatic carbocycles. The van der Waals surface area contributed by atoms with Crippen LogP contribution in [0, 0.1) is 0 Å². The van der Waals surface area contributed by atoms with Crippen LogP contribution in [0.15, 0.2) is 48.5 Å². The predicted molar refractivity (Wildman–Crippen MR) is 99.8 cm³/mol. The predicted octanol–water partition coefficient (Wildman–Crippen LogP) is 0.401. The van der Waals surface area contributed by atoms with Crippen molar-refractivity contribution in [3.8, 4) is 11.5 Å². The molecule has 4 N–H and O–H groups in total. The van der Waals surface area contributed by atoms with Gasteiger partial charge in [-0.2, -0.15) is 0 Å². The van der Waals surface area contributed by atoms with E-state index < -0.39 is 45.8 Å². The van der Waals surface area contributed by atoms with Crippen LogP contribution >= 0.6 is 0 Å². The normalized spacial score (nSPS) is 14.7. The molecule has 0 aliphatic rings. The second-order valence-corrected chi connectivity index (χ2v) is 6.15. The van der Waals surface area contributed by atoms with Crippen molar-refractivity contribution in [2.45, 2.75) is 11.2 Å². The molecule has 0 heterocycles. The van der Waals surface area contributed by atoms with Gasteiger partial charge in [-0.15, -0.1) is 0 Å². The number of carboxylic acid groups (broad SMARTS) is 2. The van der Waals surface area contributed by atoms with Gasteiger partial charge >= 0.3 is 11.9 Å². The average molecular weight is 418 g/mol. The zero-order chi connectivity index (χ0) is 22.7. The molecule has 10 nitrogen and oxygen atoms in total. The minimum absolute atomic E-state index is 0.285. The van der Waals surface area contributed by atoms with Gasteiger partial charge in [0.15, 0.2) is 0 Å². The first-order valence-corrected chi connectivity index (χ1v) is 8.33. The fourth-order valence-electron chi connectivity index (χ4n) is 2.73. The van der Waals surface area contributed by atoms with E-state index in [1.807, 2.05) is 0 Å². The Morgan fingerprint density at radius 1 is 0.633 bits per heavy atom. The zero-order valence-electron chi connectivity index (χ0n) is 15.9. The second kappa shape index (κ2) is 8.31. The first-order chi connectivity index (χ1) is 14.0. The first kappa shape index (κ1) is 22.5. The Balaban J connectivity index is 2.64. The number of Topliss-reactive ketones (excluding diaryl/α,β-unsaturated/α-hetero) is 2. The van der Waals surface area contributed by atoms with E-state index in [-0.39, 0.29) is 11.5 Å². The molecule has 2 rings (SSSR count). The highest BCUT2D eigenvalue weighted by Crippen LogP contribution is 2.32. The summed E-state index contributed by atoms with van der Waals surface area (Å²) < 4.78 is 9.81. The third-order valence-corrected chi connectivity index (χ3v) is 4.50. The molecule has 10 heteroatoms. The summed E-state index contributed by atoms with van der Waals surface area (Å²) in [5, 5.41) is 40.5. The van der Waals surface area contributed by atoms with Gasteiger partial charge in [-0.3, -0.25) is 9.59 Å². The van der Waals surface area contributed by atoms with E-state index >= 15 is 0 Å². The Morgan fingerprint density at radius 3 is 1.10 bits per heavy atom. The number of ether oxygens (including phenoxy) is 2. The van der Waals surface area contributed by atoms with Crippen molar-refractivity contribution < 1.29 is 49.1 Å². The second-order valence-electron chi connectivity index (χ2n) is 6.15. The van der Waals surface area contributed by atoms with Crippen molar-refractivity contribution in [1.29, 1.82) is 0 Å². The molecule has 2 atom stereocenters. The number of hydrogen-bond donors (Lipinski definition) is 4. The largest absolute Gasteiger partial charge is 0.497 e. The van der Waals surface area contributed by atoms with Crippen LogP contribution in [-0.2, 0) is 9.59 Å². The lowest BCUT2D eigenvalue weighted by molar-refractivity contribution is -0.187. The third kappa shape index (κ3) is 3.49. The highest BCUT2D eigenvalue weighted by atomic mass is 16.5. The summed E-state index contributed by atoms with van der Waals surface area (Å²) in [5.41, 5.74) is -9.01. The Kier molecular flexibility index (Phi) is 6.24. The molecular formula is C20H18O10. The molecule has 0 amide bonds. The van der Waals surface area contributed by atoms with Crippen LogP contribution in [0.1, 0.15) is 20.7 Å². The number of aliphatic hydroxyl groups is 2. The van der Waals surface area contributed by atoms with Crippen molar-refractivity contribution in [1.82, 2.24) is 0 Å². The molecular weight excluding hydrogens is 400 g/mol. The number of methoxy groups -OCH3 is 2. The molecule has 158 valence electrons. The van der Waals surface area contributed by atoms with Gasteiger partial charge in [-0.05, 0) is 48.5 Å². The lowest BCUT2D eigenvalue weighted by Crippen LogP contribution is -2.71. The van der Waals surface area contributed by atoms with Crippen LogP contribution in [0.3, 0.4) is 0 Å².